The molecule has 0 amide bonds. The molecule has 0 aromatic rings. The lowest BCUT2D eigenvalue weighted by atomic mass is 10.1. The SMILES string of the molecule is CC/C=C\C/C=C\C/C=C\C/C=C\C/C=C\C/C=C\C/C=C\CCCCCCCCCC(=O)OCC(COC(=O)CCCCCCC/C=C\CCCCCCC)OC(=O)CCCCCCCCCCC/C=C\C/C=C\CCCCC. The van der Waals surface area contributed by atoms with Gasteiger partial charge in [0.2, 0.25) is 0 Å². The van der Waals surface area contributed by atoms with Gasteiger partial charge in [0, 0.05) is 19.3 Å². The smallest absolute Gasteiger partial charge is 0.306 e. The van der Waals surface area contributed by atoms with E-state index in [2.05, 4.69) is 142 Å². The van der Waals surface area contributed by atoms with Gasteiger partial charge in [-0.1, -0.05) is 277 Å². The highest BCUT2D eigenvalue weighted by Gasteiger charge is 2.19. The fraction of sp³-hybridized carbons (Fsp3) is 0.689. The molecule has 0 aromatic heterocycles. The van der Waals surface area contributed by atoms with Crippen molar-refractivity contribution in [2.24, 2.45) is 0 Å². The number of rotatable bonds is 60. The first-order valence-electron chi connectivity index (χ1n) is 33.5. The summed E-state index contributed by atoms with van der Waals surface area (Å²) in [5.41, 5.74) is 0. The second-order valence-electron chi connectivity index (χ2n) is 22.0. The largest absolute Gasteiger partial charge is 0.462 e. The van der Waals surface area contributed by atoms with Crippen LogP contribution in [0.4, 0.5) is 0 Å². The van der Waals surface area contributed by atoms with E-state index >= 15 is 0 Å². The van der Waals surface area contributed by atoms with Crippen LogP contribution in [0.1, 0.15) is 310 Å². The number of esters is 3. The van der Waals surface area contributed by atoms with Gasteiger partial charge in [-0.05, 0) is 135 Å². The third-order valence-electron chi connectivity index (χ3n) is 14.2. The number of unbranched alkanes of at least 4 members (excludes halogenated alkanes) is 29. The molecule has 0 bridgehead atoms. The Morgan fingerprint density at radius 1 is 0.263 bits per heavy atom. The van der Waals surface area contributed by atoms with Crippen LogP contribution in [-0.4, -0.2) is 37.2 Å². The average Bonchev–Trinajstić information content (AvgIpc) is 3.46. The van der Waals surface area contributed by atoms with Gasteiger partial charge >= 0.3 is 17.9 Å². The van der Waals surface area contributed by atoms with Crippen molar-refractivity contribution in [3.8, 4) is 0 Å². The number of allylic oxidation sites excluding steroid dienone is 20. The highest BCUT2D eigenvalue weighted by Crippen LogP contribution is 2.15. The molecule has 0 aliphatic carbocycles. The zero-order valence-electron chi connectivity index (χ0n) is 52.3. The fourth-order valence-electron chi connectivity index (χ4n) is 9.15. The minimum atomic E-state index is -0.793. The average molecular weight is 1110 g/mol. The normalized spacial score (nSPS) is 12.9. The summed E-state index contributed by atoms with van der Waals surface area (Å²) in [6, 6.07) is 0. The molecule has 0 aliphatic heterocycles. The summed E-state index contributed by atoms with van der Waals surface area (Å²) in [7, 11) is 0. The first-order valence-corrected chi connectivity index (χ1v) is 33.5. The lowest BCUT2D eigenvalue weighted by Gasteiger charge is -2.18. The summed E-state index contributed by atoms with van der Waals surface area (Å²) in [5.74, 6) is -0.905. The molecule has 0 fully saturated rings. The Bertz CT molecular complexity index is 1650. The molecule has 0 heterocycles. The zero-order valence-corrected chi connectivity index (χ0v) is 52.3. The van der Waals surface area contributed by atoms with E-state index in [1.54, 1.807) is 0 Å². The number of hydrogen-bond acceptors (Lipinski definition) is 6. The van der Waals surface area contributed by atoms with Gasteiger partial charge < -0.3 is 14.2 Å². The standard InChI is InChI=1S/C74H124O6/c1-4-7-10-13-16-19-22-25-28-30-32-33-34-35-36-37-38-39-40-41-43-44-46-49-52-55-58-61-64-67-73(76)79-70-71(69-78-72(75)66-63-60-57-54-51-48-27-24-21-18-15-12-9-6-3)80-74(77)68-65-62-59-56-53-50-47-45-42-31-29-26-23-20-17-14-11-8-5-2/h7,10,16-17,19-20,24-29,32-33,35-36,38-39,41,43,71H,4-6,8-9,11-15,18,21-23,30-31,34,37,40,42,44-70H2,1-3H3/b10-7-,19-16-,20-17-,27-24-,28-25-,29-26-,33-32-,36-35-,39-38-,43-41-. The topological polar surface area (TPSA) is 78.9 Å². The van der Waals surface area contributed by atoms with Gasteiger partial charge in [0.1, 0.15) is 13.2 Å². The van der Waals surface area contributed by atoms with Crippen molar-refractivity contribution in [2.45, 2.75) is 316 Å². The van der Waals surface area contributed by atoms with Gasteiger partial charge in [0.25, 0.3) is 0 Å². The molecular weight excluding hydrogens is 985 g/mol. The number of carbonyl (C=O) groups excluding carboxylic acids is 3. The summed E-state index contributed by atoms with van der Waals surface area (Å²) in [5, 5.41) is 0. The molecule has 1 unspecified atom stereocenters. The maximum atomic E-state index is 12.9. The summed E-state index contributed by atoms with van der Waals surface area (Å²) in [6.45, 7) is 6.49. The molecule has 1 atom stereocenters. The van der Waals surface area contributed by atoms with Crippen molar-refractivity contribution in [3.05, 3.63) is 122 Å². The highest BCUT2D eigenvalue weighted by molar-refractivity contribution is 5.71. The third-order valence-corrected chi connectivity index (χ3v) is 14.2. The lowest BCUT2D eigenvalue weighted by Crippen LogP contribution is -2.30. The Morgan fingerprint density at radius 3 is 0.800 bits per heavy atom. The van der Waals surface area contributed by atoms with Crippen molar-refractivity contribution in [1.82, 2.24) is 0 Å². The second kappa shape index (κ2) is 67.3. The Balaban J connectivity index is 4.36. The van der Waals surface area contributed by atoms with E-state index in [9.17, 15) is 14.4 Å². The predicted octanol–water partition coefficient (Wildman–Crippen LogP) is 23.2. The van der Waals surface area contributed by atoms with Crippen molar-refractivity contribution >= 4 is 17.9 Å². The number of carbonyl (C=O) groups is 3. The van der Waals surface area contributed by atoms with E-state index in [4.69, 9.17) is 14.2 Å². The van der Waals surface area contributed by atoms with E-state index in [1.165, 1.54) is 148 Å². The Labute approximate surface area is 494 Å². The van der Waals surface area contributed by atoms with Gasteiger partial charge in [0.15, 0.2) is 6.10 Å². The molecule has 456 valence electrons. The van der Waals surface area contributed by atoms with Crippen LogP contribution >= 0.6 is 0 Å². The summed E-state index contributed by atoms with van der Waals surface area (Å²) in [6.07, 6.45) is 93.4. The number of hydrogen-bond donors (Lipinski definition) is 0. The van der Waals surface area contributed by atoms with Crippen LogP contribution in [0.3, 0.4) is 0 Å². The molecule has 80 heavy (non-hydrogen) atoms. The maximum Gasteiger partial charge on any atom is 0.306 e. The molecule has 0 N–H and O–H groups in total. The van der Waals surface area contributed by atoms with Crippen LogP contribution in [0.15, 0.2) is 122 Å². The predicted molar refractivity (Wildman–Crippen MR) is 348 cm³/mol. The Hall–Kier alpha value is -4.19. The van der Waals surface area contributed by atoms with E-state index in [0.29, 0.717) is 19.3 Å². The van der Waals surface area contributed by atoms with Crippen LogP contribution in [0.5, 0.6) is 0 Å². The molecular formula is C74H124O6. The quantitative estimate of drug-likeness (QED) is 0.0261. The van der Waals surface area contributed by atoms with Crippen molar-refractivity contribution in [1.29, 1.82) is 0 Å². The third kappa shape index (κ3) is 64.6. The van der Waals surface area contributed by atoms with Crippen LogP contribution in [0.25, 0.3) is 0 Å². The summed E-state index contributed by atoms with van der Waals surface area (Å²) >= 11 is 0. The molecule has 0 radical (unpaired) electrons. The number of ether oxygens (including phenoxy) is 3. The van der Waals surface area contributed by atoms with E-state index in [0.717, 1.165) is 122 Å². The van der Waals surface area contributed by atoms with Gasteiger partial charge in [0.05, 0.1) is 0 Å². The lowest BCUT2D eigenvalue weighted by molar-refractivity contribution is -0.167. The second-order valence-corrected chi connectivity index (χ2v) is 22.0. The van der Waals surface area contributed by atoms with Crippen molar-refractivity contribution in [2.75, 3.05) is 13.2 Å². The van der Waals surface area contributed by atoms with Gasteiger partial charge in [-0.2, -0.15) is 0 Å². The van der Waals surface area contributed by atoms with E-state index < -0.39 is 6.10 Å². The molecule has 6 nitrogen and oxygen atoms in total. The molecule has 0 saturated carbocycles. The summed E-state index contributed by atoms with van der Waals surface area (Å²) < 4.78 is 16.9. The van der Waals surface area contributed by atoms with Crippen LogP contribution in [0.2, 0.25) is 0 Å². The monoisotopic (exact) mass is 1110 g/mol. The summed E-state index contributed by atoms with van der Waals surface area (Å²) in [4.78, 5) is 38.4. The van der Waals surface area contributed by atoms with Crippen LogP contribution in [-0.2, 0) is 28.6 Å². The van der Waals surface area contributed by atoms with Crippen molar-refractivity contribution in [3.63, 3.8) is 0 Å². The maximum absolute atomic E-state index is 12.9. The van der Waals surface area contributed by atoms with Gasteiger partial charge in [-0.15, -0.1) is 0 Å². The molecule has 6 heteroatoms. The first kappa shape index (κ1) is 75.8. The van der Waals surface area contributed by atoms with Gasteiger partial charge in [-0.25, -0.2) is 0 Å². The van der Waals surface area contributed by atoms with Crippen LogP contribution < -0.4 is 0 Å². The minimum Gasteiger partial charge on any atom is -0.462 e. The van der Waals surface area contributed by atoms with E-state index in [1.807, 2.05) is 0 Å². The highest BCUT2D eigenvalue weighted by atomic mass is 16.6. The van der Waals surface area contributed by atoms with Crippen LogP contribution in [0, 0.1) is 0 Å². The molecule has 0 spiro atoms. The Kier molecular flexibility index (Phi) is 63.8. The fourth-order valence-corrected chi connectivity index (χ4v) is 9.15. The molecule has 0 aliphatic rings. The first-order chi connectivity index (χ1) is 39.5. The molecule has 0 rings (SSSR count). The van der Waals surface area contributed by atoms with Crippen molar-refractivity contribution < 1.29 is 28.6 Å². The molecule has 0 aromatic carbocycles. The molecule has 0 saturated heterocycles. The van der Waals surface area contributed by atoms with Gasteiger partial charge in [-0.3, -0.25) is 14.4 Å². The zero-order chi connectivity index (χ0) is 57.8. The van der Waals surface area contributed by atoms with E-state index in [-0.39, 0.29) is 31.1 Å². The minimum absolute atomic E-state index is 0.0884. The Morgan fingerprint density at radius 2 is 0.487 bits per heavy atom.